The van der Waals surface area contributed by atoms with Gasteiger partial charge in [0.25, 0.3) is 11.6 Å². The monoisotopic (exact) mass is 356 g/mol. The molecule has 1 saturated carbocycles. The normalized spacial score (nSPS) is 19.8. The first-order chi connectivity index (χ1) is 12.5. The number of amides is 1. The first kappa shape index (κ1) is 17.5. The van der Waals surface area contributed by atoms with Gasteiger partial charge in [0.15, 0.2) is 0 Å². The number of carbonyl (C=O) groups excluding carboxylic acids is 1. The van der Waals surface area contributed by atoms with E-state index < -0.39 is 0 Å². The minimum absolute atomic E-state index is 0.0378. The molecule has 1 aliphatic carbocycles. The van der Waals surface area contributed by atoms with Crippen LogP contribution in [-0.4, -0.2) is 35.7 Å². The molecule has 3 heterocycles. The van der Waals surface area contributed by atoms with E-state index >= 15 is 0 Å². The molecule has 4 rings (SSSR count). The van der Waals surface area contributed by atoms with E-state index in [1.807, 2.05) is 6.07 Å². The van der Waals surface area contributed by atoms with Crippen molar-refractivity contribution in [2.45, 2.75) is 58.3 Å². The second-order valence-electron chi connectivity index (χ2n) is 8.51. The molecule has 1 saturated heterocycles. The molecule has 0 bridgehead atoms. The van der Waals surface area contributed by atoms with Gasteiger partial charge in [0.1, 0.15) is 0 Å². The fraction of sp³-hybridized carbons (Fsp3) is 0.650. The van der Waals surface area contributed by atoms with Crippen LogP contribution < -0.4 is 10.6 Å². The van der Waals surface area contributed by atoms with E-state index in [1.165, 1.54) is 0 Å². The third-order valence-electron chi connectivity index (χ3n) is 5.77. The van der Waals surface area contributed by atoms with Crippen LogP contribution in [0.15, 0.2) is 10.6 Å². The van der Waals surface area contributed by atoms with Crippen LogP contribution in [0.1, 0.15) is 80.0 Å². The molecule has 0 atom stereocenters. The zero-order valence-corrected chi connectivity index (χ0v) is 15.9. The second kappa shape index (κ2) is 6.65. The number of fused-ring (bicyclic) bond motifs is 1. The SMILES string of the molecule is CC(C)c1noc2nc(C3CC3)cc(C(=O)NCC3(C)CCNCC3)c12. The summed E-state index contributed by atoms with van der Waals surface area (Å²) in [6.07, 6.45) is 4.43. The summed E-state index contributed by atoms with van der Waals surface area (Å²) in [5.74, 6) is 0.600. The highest BCUT2D eigenvalue weighted by Crippen LogP contribution is 2.41. The molecule has 1 amide bonds. The van der Waals surface area contributed by atoms with Gasteiger partial charge in [0, 0.05) is 18.2 Å². The highest BCUT2D eigenvalue weighted by molar-refractivity contribution is 6.06. The Balaban J connectivity index is 1.64. The van der Waals surface area contributed by atoms with Crippen LogP contribution in [0.4, 0.5) is 0 Å². The molecule has 2 aliphatic rings. The molecule has 0 spiro atoms. The number of pyridine rings is 1. The molecule has 2 fully saturated rings. The smallest absolute Gasteiger partial charge is 0.259 e. The summed E-state index contributed by atoms with van der Waals surface area (Å²) in [5, 5.41) is 11.5. The molecule has 2 aromatic heterocycles. The van der Waals surface area contributed by atoms with Crippen molar-refractivity contribution in [3.05, 3.63) is 23.0 Å². The highest BCUT2D eigenvalue weighted by Gasteiger charge is 2.31. The summed E-state index contributed by atoms with van der Waals surface area (Å²) in [6.45, 7) is 9.10. The van der Waals surface area contributed by atoms with Gasteiger partial charge >= 0.3 is 0 Å². The maximum atomic E-state index is 13.1. The molecule has 0 unspecified atom stereocenters. The van der Waals surface area contributed by atoms with E-state index in [-0.39, 0.29) is 17.2 Å². The third-order valence-corrected chi connectivity index (χ3v) is 5.77. The van der Waals surface area contributed by atoms with Gasteiger partial charge in [-0.15, -0.1) is 0 Å². The lowest BCUT2D eigenvalue weighted by atomic mass is 9.81. The quantitative estimate of drug-likeness (QED) is 0.859. The number of aromatic nitrogens is 2. The topological polar surface area (TPSA) is 80.0 Å². The summed E-state index contributed by atoms with van der Waals surface area (Å²) >= 11 is 0. The number of piperidine rings is 1. The Bertz CT molecular complexity index is 817. The average molecular weight is 356 g/mol. The minimum atomic E-state index is -0.0378. The summed E-state index contributed by atoms with van der Waals surface area (Å²) in [5.41, 5.74) is 3.09. The second-order valence-corrected chi connectivity index (χ2v) is 8.51. The molecular formula is C20H28N4O2. The lowest BCUT2D eigenvalue weighted by Gasteiger charge is -2.34. The minimum Gasteiger partial charge on any atom is -0.351 e. The van der Waals surface area contributed by atoms with Gasteiger partial charge < -0.3 is 15.2 Å². The van der Waals surface area contributed by atoms with Crippen molar-refractivity contribution in [3.8, 4) is 0 Å². The van der Waals surface area contributed by atoms with Crippen LogP contribution in [-0.2, 0) is 0 Å². The van der Waals surface area contributed by atoms with E-state index in [9.17, 15) is 4.79 Å². The summed E-state index contributed by atoms with van der Waals surface area (Å²) in [7, 11) is 0. The molecule has 0 aromatic carbocycles. The van der Waals surface area contributed by atoms with Gasteiger partial charge in [-0.05, 0) is 56.2 Å². The Morgan fingerprint density at radius 1 is 1.38 bits per heavy atom. The van der Waals surface area contributed by atoms with Gasteiger partial charge in [-0.3, -0.25) is 4.79 Å². The van der Waals surface area contributed by atoms with Crippen molar-refractivity contribution in [2.24, 2.45) is 5.41 Å². The van der Waals surface area contributed by atoms with Crippen molar-refractivity contribution in [1.29, 1.82) is 0 Å². The molecule has 0 radical (unpaired) electrons. The lowest BCUT2D eigenvalue weighted by molar-refractivity contribution is 0.0923. The number of nitrogens with zero attached hydrogens (tertiary/aromatic N) is 2. The molecule has 2 aromatic rings. The molecule has 140 valence electrons. The molecule has 6 heteroatoms. The van der Waals surface area contributed by atoms with Gasteiger partial charge in [-0.25, -0.2) is 4.98 Å². The van der Waals surface area contributed by atoms with E-state index in [4.69, 9.17) is 4.52 Å². The van der Waals surface area contributed by atoms with Crippen LogP contribution in [0, 0.1) is 5.41 Å². The van der Waals surface area contributed by atoms with Crippen LogP contribution in [0.3, 0.4) is 0 Å². The fourth-order valence-corrected chi connectivity index (χ4v) is 3.75. The van der Waals surface area contributed by atoms with Gasteiger partial charge in [-0.1, -0.05) is 25.9 Å². The van der Waals surface area contributed by atoms with E-state index in [1.54, 1.807) is 0 Å². The Morgan fingerprint density at radius 3 is 2.77 bits per heavy atom. The number of hydrogen-bond acceptors (Lipinski definition) is 5. The van der Waals surface area contributed by atoms with Crippen molar-refractivity contribution in [1.82, 2.24) is 20.8 Å². The van der Waals surface area contributed by atoms with Crippen molar-refractivity contribution >= 4 is 17.0 Å². The average Bonchev–Trinajstić information content (AvgIpc) is 3.38. The number of rotatable bonds is 5. The Kier molecular flexibility index (Phi) is 4.47. The third kappa shape index (κ3) is 3.34. The van der Waals surface area contributed by atoms with Crippen LogP contribution >= 0.6 is 0 Å². The maximum absolute atomic E-state index is 13.1. The zero-order valence-electron chi connectivity index (χ0n) is 15.9. The Morgan fingerprint density at radius 2 is 2.12 bits per heavy atom. The standard InChI is InChI=1S/C20H28N4O2/c1-12(2)17-16-14(10-15(13-4-5-13)23-19(16)26-24-17)18(25)22-11-20(3)6-8-21-9-7-20/h10,12-13,21H,4-9,11H2,1-3H3,(H,22,25). The lowest BCUT2D eigenvalue weighted by Crippen LogP contribution is -2.43. The van der Waals surface area contributed by atoms with Crippen LogP contribution in [0.25, 0.3) is 11.1 Å². The molecule has 26 heavy (non-hydrogen) atoms. The predicted molar refractivity (Wildman–Crippen MR) is 100 cm³/mol. The first-order valence-corrected chi connectivity index (χ1v) is 9.76. The molecule has 1 aliphatic heterocycles. The number of hydrogen-bond donors (Lipinski definition) is 2. The Hall–Kier alpha value is -1.95. The molecule has 6 nitrogen and oxygen atoms in total. The van der Waals surface area contributed by atoms with E-state index in [2.05, 4.69) is 41.5 Å². The van der Waals surface area contributed by atoms with Gasteiger partial charge in [-0.2, -0.15) is 0 Å². The van der Waals surface area contributed by atoms with E-state index in [0.29, 0.717) is 23.7 Å². The molecule has 2 N–H and O–H groups in total. The maximum Gasteiger partial charge on any atom is 0.259 e. The van der Waals surface area contributed by atoms with Crippen molar-refractivity contribution < 1.29 is 9.32 Å². The predicted octanol–water partition coefficient (Wildman–Crippen LogP) is 3.34. The fourth-order valence-electron chi connectivity index (χ4n) is 3.75. The first-order valence-electron chi connectivity index (χ1n) is 9.76. The van der Waals surface area contributed by atoms with Crippen molar-refractivity contribution in [2.75, 3.05) is 19.6 Å². The Labute approximate surface area is 154 Å². The van der Waals surface area contributed by atoms with Crippen molar-refractivity contribution in [3.63, 3.8) is 0 Å². The molecular weight excluding hydrogens is 328 g/mol. The zero-order chi connectivity index (χ0) is 18.3. The number of carbonyl (C=O) groups is 1. The van der Waals surface area contributed by atoms with Crippen LogP contribution in [0.5, 0.6) is 0 Å². The highest BCUT2D eigenvalue weighted by atomic mass is 16.5. The van der Waals surface area contributed by atoms with Crippen LogP contribution in [0.2, 0.25) is 0 Å². The number of nitrogens with one attached hydrogen (secondary N) is 2. The summed E-state index contributed by atoms with van der Waals surface area (Å²) in [6, 6.07) is 1.96. The van der Waals surface area contributed by atoms with Gasteiger partial charge in [0.05, 0.1) is 16.6 Å². The van der Waals surface area contributed by atoms with Gasteiger partial charge in [0.2, 0.25) is 0 Å². The van der Waals surface area contributed by atoms with E-state index in [0.717, 1.165) is 55.5 Å². The summed E-state index contributed by atoms with van der Waals surface area (Å²) in [4.78, 5) is 17.7. The largest absolute Gasteiger partial charge is 0.351 e. The summed E-state index contributed by atoms with van der Waals surface area (Å²) < 4.78 is 5.48.